The van der Waals surface area contributed by atoms with Crippen LogP contribution in [0.15, 0.2) is 41.0 Å². The first kappa shape index (κ1) is 14.6. The predicted octanol–water partition coefficient (Wildman–Crippen LogP) is 2.10. The number of carbonyl (C=O) groups excluding carboxylic acids is 1. The number of hydrogen-bond acceptors (Lipinski definition) is 4. The van der Waals surface area contributed by atoms with Gasteiger partial charge in [0, 0.05) is 6.07 Å². The SMILES string of the molecule is Cc1cccc(OCCNC(=O)c2cc(C(=O)O)co2)c1. The van der Waals surface area contributed by atoms with Crippen molar-refractivity contribution in [2.75, 3.05) is 13.2 Å². The lowest BCUT2D eigenvalue weighted by Crippen LogP contribution is -2.27. The summed E-state index contributed by atoms with van der Waals surface area (Å²) in [6.45, 7) is 2.56. The highest BCUT2D eigenvalue weighted by molar-refractivity contribution is 5.95. The lowest BCUT2D eigenvalue weighted by molar-refractivity contribution is 0.0696. The number of furan rings is 1. The van der Waals surface area contributed by atoms with Crippen molar-refractivity contribution in [3.05, 3.63) is 53.5 Å². The summed E-state index contributed by atoms with van der Waals surface area (Å²) in [7, 11) is 0. The molecule has 2 N–H and O–H groups in total. The largest absolute Gasteiger partial charge is 0.492 e. The van der Waals surface area contributed by atoms with E-state index in [1.165, 1.54) is 6.07 Å². The third kappa shape index (κ3) is 4.10. The van der Waals surface area contributed by atoms with Gasteiger partial charge in [-0.25, -0.2) is 4.79 Å². The molecule has 0 unspecified atom stereocenters. The number of amides is 1. The second kappa shape index (κ2) is 6.60. The van der Waals surface area contributed by atoms with E-state index in [1.807, 2.05) is 31.2 Å². The van der Waals surface area contributed by atoms with Gasteiger partial charge in [0.1, 0.15) is 18.6 Å². The maximum absolute atomic E-state index is 11.7. The normalized spacial score (nSPS) is 10.1. The van der Waals surface area contributed by atoms with E-state index in [2.05, 4.69) is 5.32 Å². The molecule has 0 bridgehead atoms. The summed E-state index contributed by atoms with van der Waals surface area (Å²) < 4.78 is 10.4. The maximum Gasteiger partial charge on any atom is 0.338 e. The Labute approximate surface area is 121 Å². The van der Waals surface area contributed by atoms with Crippen LogP contribution >= 0.6 is 0 Å². The van der Waals surface area contributed by atoms with Crippen molar-refractivity contribution in [1.29, 1.82) is 0 Å². The summed E-state index contributed by atoms with van der Waals surface area (Å²) in [6, 6.07) is 8.76. The molecule has 0 fully saturated rings. The van der Waals surface area contributed by atoms with Gasteiger partial charge in [0.25, 0.3) is 5.91 Å². The average Bonchev–Trinajstić information content (AvgIpc) is 2.93. The van der Waals surface area contributed by atoms with Crippen LogP contribution < -0.4 is 10.1 Å². The summed E-state index contributed by atoms with van der Waals surface area (Å²) in [6.07, 6.45) is 1.03. The Hall–Kier alpha value is -2.76. The Morgan fingerprint density at radius 3 is 2.81 bits per heavy atom. The molecule has 0 aliphatic heterocycles. The first-order valence-corrected chi connectivity index (χ1v) is 6.36. The zero-order valence-electron chi connectivity index (χ0n) is 11.5. The van der Waals surface area contributed by atoms with E-state index in [0.717, 1.165) is 17.6 Å². The molecule has 6 heteroatoms. The summed E-state index contributed by atoms with van der Waals surface area (Å²) in [5, 5.41) is 11.3. The van der Waals surface area contributed by atoms with Crippen molar-refractivity contribution in [3.8, 4) is 5.75 Å². The van der Waals surface area contributed by atoms with Crippen LogP contribution in [0.1, 0.15) is 26.5 Å². The molecule has 21 heavy (non-hydrogen) atoms. The van der Waals surface area contributed by atoms with Crippen molar-refractivity contribution in [2.24, 2.45) is 0 Å². The third-order valence-corrected chi connectivity index (χ3v) is 2.72. The smallest absolute Gasteiger partial charge is 0.338 e. The van der Waals surface area contributed by atoms with Gasteiger partial charge in [-0.15, -0.1) is 0 Å². The van der Waals surface area contributed by atoms with Crippen LogP contribution in [0, 0.1) is 6.92 Å². The minimum atomic E-state index is -1.14. The number of nitrogens with one attached hydrogen (secondary N) is 1. The van der Waals surface area contributed by atoms with E-state index >= 15 is 0 Å². The fourth-order valence-corrected chi connectivity index (χ4v) is 1.69. The molecule has 1 aromatic heterocycles. The quantitative estimate of drug-likeness (QED) is 0.795. The fourth-order valence-electron chi connectivity index (χ4n) is 1.69. The number of hydrogen-bond donors (Lipinski definition) is 2. The van der Waals surface area contributed by atoms with Gasteiger partial charge in [-0.2, -0.15) is 0 Å². The molecule has 0 radical (unpaired) electrons. The van der Waals surface area contributed by atoms with Crippen LogP contribution in [-0.2, 0) is 0 Å². The number of aromatic carboxylic acids is 1. The van der Waals surface area contributed by atoms with Gasteiger partial charge in [-0.1, -0.05) is 12.1 Å². The van der Waals surface area contributed by atoms with Gasteiger partial charge in [0.05, 0.1) is 12.1 Å². The van der Waals surface area contributed by atoms with Crippen molar-refractivity contribution in [3.63, 3.8) is 0 Å². The second-order valence-corrected chi connectivity index (χ2v) is 4.43. The summed E-state index contributed by atoms with van der Waals surface area (Å²) in [5.41, 5.74) is 1.03. The molecule has 2 rings (SSSR count). The van der Waals surface area contributed by atoms with E-state index in [9.17, 15) is 9.59 Å². The summed E-state index contributed by atoms with van der Waals surface area (Å²) in [4.78, 5) is 22.4. The minimum absolute atomic E-state index is 0.0389. The van der Waals surface area contributed by atoms with E-state index < -0.39 is 11.9 Å². The molecule has 1 heterocycles. The lowest BCUT2D eigenvalue weighted by atomic mass is 10.2. The van der Waals surface area contributed by atoms with Gasteiger partial charge in [-0.05, 0) is 24.6 Å². The lowest BCUT2D eigenvalue weighted by Gasteiger charge is -2.07. The molecule has 0 saturated heterocycles. The van der Waals surface area contributed by atoms with E-state index in [1.54, 1.807) is 0 Å². The van der Waals surface area contributed by atoms with E-state index in [0.29, 0.717) is 6.61 Å². The zero-order chi connectivity index (χ0) is 15.2. The number of carbonyl (C=O) groups is 2. The monoisotopic (exact) mass is 289 g/mol. The van der Waals surface area contributed by atoms with Gasteiger partial charge >= 0.3 is 5.97 Å². The Morgan fingerprint density at radius 2 is 2.14 bits per heavy atom. The van der Waals surface area contributed by atoms with E-state index in [4.69, 9.17) is 14.3 Å². The highest BCUT2D eigenvalue weighted by Gasteiger charge is 2.13. The molecule has 110 valence electrons. The number of ether oxygens (including phenoxy) is 1. The molecule has 1 aromatic carbocycles. The molecule has 6 nitrogen and oxygen atoms in total. The van der Waals surface area contributed by atoms with Crippen molar-refractivity contribution < 1.29 is 23.8 Å². The van der Waals surface area contributed by atoms with Gasteiger partial charge in [0.2, 0.25) is 0 Å². The summed E-state index contributed by atoms with van der Waals surface area (Å²) >= 11 is 0. The number of benzene rings is 1. The minimum Gasteiger partial charge on any atom is -0.492 e. The molecule has 0 atom stereocenters. The first-order chi connectivity index (χ1) is 10.1. The zero-order valence-corrected chi connectivity index (χ0v) is 11.5. The molecular formula is C15H15NO5. The van der Waals surface area contributed by atoms with Gasteiger partial charge in [-0.3, -0.25) is 4.79 Å². The molecular weight excluding hydrogens is 274 g/mol. The molecule has 0 spiro atoms. The third-order valence-electron chi connectivity index (χ3n) is 2.72. The maximum atomic E-state index is 11.7. The Morgan fingerprint density at radius 1 is 1.33 bits per heavy atom. The van der Waals surface area contributed by atoms with Crippen LogP contribution in [-0.4, -0.2) is 30.1 Å². The topological polar surface area (TPSA) is 88.8 Å². The predicted molar refractivity (Wildman–Crippen MR) is 74.7 cm³/mol. The van der Waals surface area contributed by atoms with Crippen molar-refractivity contribution in [1.82, 2.24) is 5.32 Å². The molecule has 0 aliphatic rings. The molecule has 2 aromatic rings. The van der Waals surface area contributed by atoms with Gasteiger partial charge in [0.15, 0.2) is 5.76 Å². The Bertz CT molecular complexity index is 647. The molecule has 0 aliphatic carbocycles. The van der Waals surface area contributed by atoms with Crippen LogP contribution in [0.5, 0.6) is 5.75 Å². The number of rotatable bonds is 6. The number of carboxylic acids is 1. The van der Waals surface area contributed by atoms with Crippen LogP contribution in [0.3, 0.4) is 0 Å². The van der Waals surface area contributed by atoms with E-state index in [-0.39, 0.29) is 17.9 Å². The first-order valence-electron chi connectivity index (χ1n) is 6.36. The summed E-state index contributed by atoms with van der Waals surface area (Å²) in [5.74, 6) is -0.922. The average molecular weight is 289 g/mol. The fraction of sp³-hybridized carbons (Fsp3) is 0.200. The van der Waals surface area contributed by atoms with Crippen LogP contribution in [0.25, 0.3) is 0 Å². The standard InChI is InChI=1S/C15H15NO5/c1-10-3-2-4-12(7-10)20-6-5-16-14(17)13-8-11(9-21-13)15(18)19/h2-4,7-9H,5-6H2,1H3,(H,16,17)(H,18,19). The number of carboxylic acid groups (broad SMARTS) is 1. The van der Waals surface area contributed by atoms with Crippen LogP contribution in [0.4, 0.5) is 0 Å². The second-order valence-electron chi connectivity index (χ2n) is 4.43. The Balaban J connectivity index is 1.77. The highest BCUT2D eigenvalue weighted by Crippen LogP contribution is 2.12. The number of aryl methyl sites for hydroxylation is 1. The Kier molecular flexibility index (Phi) is 4.61. The van der Waals surface area contributed by atoms with Crippen molar-refractivity contribution in [2.45, 2.75) is 6.92 Å². The molecule has 1 amide bonds. The molecule has 0 saturated carbocycles. The van der Waals surface area contributed by atoms with Gasteiger partial charge < -0.3 is 19.6 Å². The highest BCUT2D eigenvalue weighted by atomic mass is 16.5. The van der Waals surface area contributed by atoms with Crippen LogP contribution in [0.2, 0.25) is 0 Å². The van der Waals surface area contributed by atoms with Crippen molar-refractivity contribution >= 4 is 11.9 Å².